The Hall–Kier alpha value is -8.39. The number of rotatable bonds is 20. The lowest BCUT2D eigenvalue weighted by Gasteiger charge is -2.46. The fourth-order valence-electron chi connectivity index (χ4n) is 12.2. The molecule has 9 rings (SSSR count). The average Bonchev–Trinajstić information content (AvgIpc) is 1.62. The average molecular weight is 1410 g/mol. The van der Waals surface area contributed by atoms with Crippen molar-refractivity contribution >= 4 is 53.3 Å². The number of guanidine groups is 2. The van der Waals surface area contributed by atoms with Gasteiger partial charge < -0.3 is 148 Å². The Balaban J connectivity index is 0.977. The van der Waals surface area contributed by atoms with E-state index < -0.39 is 246 Å². The lowest BCUT2D eigenvalue weighted by atomic mass is 9.92. The maximum Gasteiger partial charge on any atom is 0.310 e. The molecule has 4 saturated heterocycles. The number of benzene rings is 3. The molecule has 100 heavy (non-hydrogen) atoms. The van der Waals surface area contributed by atoms with Gasteiger partial charge in [0.25, 0.3) is 0 Å². The number of ether oxygens (including phenoxy) is 6. The number of amides is 6. The van der Waals surface area contributed by atoms with Crippen LogP contribution in [-0.2, 0) is 70.1 Å². The van der Waals surface area contributed by atoms with Crippen LogP contribution >= 0.6 is 0 Å². The predicted molar refractivity (Wildman–Crippen MR) is 337 cm³/mol. The van der Waals surface area contributed by atoms with E-state index in [2.05, 4.69) is 47.2 Å². The fourth-order valence-corrected chi connectivity index (χ4v) is 12.2. The van der Waals surface area contributed by atoms with Gasteiger partial charge in [0.1, 0.15) is 128 Å². The highest BCUT2D eigenvalue weighted by atomic mass is 16.7. The van der Waals surface area contributed by atoms with Crippen molar-refractivity contribution < 1.29 is 128 Å². The number of aliphatic hydroxyl groups excluding tert-OH is 13. The topological polar surface area (TPSA) is 602 Å². The Morgan fingerprint density at radius 2 is 1.17 bits per heavy atom. The fraction of sp³-hybridized carbons (Fsp3) is 0.565. The lowest BCUT2D eigenvalue weighted by Crippen LogP contribution is -2.70. The first-order chi connectivity index (χ1) is 47.7. The van der Waals surface area contributed by atoms with E-state index in [0.29, 0.717) is 11.1 Å². The van der Waals surface area contributed by atoms with Gasteiger partial charge in [-0.05, 0) is 28.8 Å². The molecule has 0 saturated carbocycles. The molecule has 0 aliphatic carbocycles. The standard InChI is InChI=1S/C62H84N12O26/c1-25(28-10-6-3-7-11-28)39-55(92)68-30(16-27-12-14-29(15-13-27)96-59-51(89)48(86)52(35(23-77)98-59)100-60-50(88)47(85)45(83)36(99-60)24-95-38(79)17-26-8-4-2-5-9-26)54(91)72-40(42(80)31-18-66-61(63)70-31)57(94)73-41(56(93)69-32(21-75)53(90)65-20-37(78)71-39)43(81)33-19-67-62(64)74(33)58-49(87)46(84)44(82)34(22-76)97-58/h2-15,25,30-36,39-52,58-60,75-77,80-89H,16-24H2,1H3,(H2,64,67)(H,65,90)(H,68,92)(H,69,93)(H,71,78)(H,72,91)(H,73,94)(H3,63,66,70)/t25?,30-,31?,32+,33?,34-,35-,36-,39+,40+,41-,42?,43?,44-,45-,46+,47+,48-,49+,50+,51+,52-,58+,59+,60-/m1/s1. The molecule has 25 atom stereocenters. The minimum atomic E-state index is -2.36. The van der Waals surface area contributed by atoms with Crippen LogP contribution < -0.4 is 53.4 Å². The van der Waals surface area contributed by atoms with Crippen molar-refractivity contribution in [1.82, 2.24) is 42.1 Å². The SMILES string of the molecule is CC(c1ccccc1)[C@@H]1NC(=O)CNC(=O)[C@H](CO)NC(=O)[C@@H](C(O)C2CN=C(N)N2[C@H]2O[C@H](CO)[C@@H](O)[C@H](O)[C@@H]2O)NC(=O)[C@H](C(O)C2CN=C(N)N2)NC(=O)[C@@H](Cc2ccc(O[C@H]3O[C@H](CO)[C@@H](O[C@H]4O[C@H](COC(=O)Cc5ccccc5)[C@@H](O)[C@H](O)[C@@H]4O)[C@H](O)[C@@H]3O)cc2)NC1=O. The molecule has 548 valence electrons. The molecule has 0 aromatic heterocycles. The van der Waals surface area contributed by atoms with Crippen LogP contribution in [0, 0.1) is 0 Å². The molecule has 24 N–H and O–H groups in total. The summed E-state index contributed by atoms with van der Waals surface area (Å²) in [6.45, 7) is -3.84. The van der Waals surface area contributed by atoms with Crippen LogP contribution in [0.5, 0.6) is 5.75 Å². The summed E-state index contributed by atoms with van der Waals surface area (Å²) in [5.41, 5.74) is 13.5. The van der Waals surface area contributed by atoms with Gasteiger partial charge in [0.05, 0.1) is 58.0 Å². The summed E-state index contributed by atoms with van der Waals surface area (Å²) in [4.78, 5) is 109. The molecular formula is C62H84N12O26. The summed E-state index contributed by atoms with van der Waals surface area (Å²) >= 11 is 0. The molecule has 3 aromatic rings. The highest BCUT2D eigenvalue weighted by Gasteiger charge is 2.54. The Morgan fingerprint density at radius 3 is 1.82 bits per heavy atom. The Bertz CT molecular complexity index is 3370. The number of aliphatic hydroxyl groups is 13. The van der Waals surface area contributed by atoms with Gasteiger partial charge in [-0.2, -0.15) is 0 Å². The Labute approximate surface area is 569 Å². The van der Waals surface area contributed by atoms with Crippen LogP contribution in [0.25, 0.3) is 0 Å². The monoisotopic (exact) mass is 1410 g/mol. The van der Waals surface area contributed by atoms with Gasteiger partial charge in [-0.1, -0.05) is 79.7 Å². The molecule has 3 aromatic carbocycles. The highest BCUT2D eigenvalue weighted by molar-refractivity contribution is 5.98. The first kappa shape index (κ1) is 75.8. The second-order valence-corrected chi connectivity index (χ2v) is 24.7. The van der Waals surface area contributed by atoms with Gasteiger partial charge in [0, 0.05) is 12.3 Å². The number of aliphatic imine (C=N–C) groups is 2. The summed E-state index contributed by atoms with van der Waals surface area (Å²) < 4.78 is 34.2. The maximum absolute atomic E-state index is 15.2. The molecule has 6 aliphatic rings. The molecule has 0 radical (unpaired) electrons. The zero-order valence-electron chi connectivity index (χ0n) is 53.5. The third-order valence-electron chi connectivity index (χ3n) is 17.9. The van der Waals surface area contributed by atoms with Crippen molar-refractivity contribution in [1.29, 1.82) is 0 Å². The van der Waals surface area contributed by atoms with Gasteiger partial charge in [-0.3, -0.25) is 43.5 Å². The van der Waals surface area contributed by atoms with Crippen LogP contribution in [-0.4, -0.2) is 317 Å². The van der Waals surface area contributed by atoms with E-state index in [9.17, 15) is 90.4 Å². The van der Waals surface area contributed by atoms with E-state index in [4.69, 9.17) is 39.9 Å². The van der Waals surface area contributed by atoms with Gasteiger partial charge in [0.2, 0.25) is 41.7 Å². The van der Waals surface area contributed by atoms with Gasteiger partial charge >= 0.3 is 5.97 Å². The van der Waals surface area contributed by atoms with Crippen LogP contribution in [0.15, 0.2) is 94.9 Å². The van der Waals surface area contributed by atoms with E-state index >= 15 is 9.59 Å². The van der Waals surface area contributed by atoms with E-state index in [-0.39, 0.29) is 30.2 Å². The number of hydrogen-bond donors (Lipinski definition) is 22. The zero-order valence-corrected chi connectivity index (χ0v) is 53.5. The largest absolute Gasteiger partial charge is 0.463 e. The van der Waals surface area contributed by atoms with Crippen molar-refractivity contribution in [2.75, 3.05) is 46.1 Å². The summed E-state index contributed by atoms with van der Waals surface area (Å²) in [6.07, 6.45) is -32.4. The molecule has 0 spiro atoms. The van der Waals surface area contributed by atoms with Gasteiger partial charge in [0.15, 0.2) is 24.4 Å². The number of carbonyl (C=O) groups excluding carboxylic acids is 7. The molecule has 6 amide bonds. The molecule has 38 nitrogen and oxygen atoms in total. The summed E-state index contributed by atoms with van der Waals surface area (Å²) in [5, 5.41) is 160. The summed E-state index contributed by atoms with van der Waals surface area (Å²) in [5.74, 6) is -9.80. The van der Waals surface area contributed by atoms with Crippen molar-refractivity contribution in [3.63, 3.8) is 0 Å². The number of esters is 1. The first-order valence-corrected chi connectivity index (χ1v) is 31.9. The quantitative estimate of drug-likeness (QED) is 0.0467. The molecule has 6 heterocycles. The van der Waals surface area contributed by atoms with E-state index in [1.165, 1.54) is 24.3 Å². The molecular weight excluding hydrogens is 1330 g/mol. The maximum atomic E-state index is 15.2. The van der Waals surface area contributed by atoms with E-state index in [1.807, 2.05) is 0 Å². The van der Waals surface area contributed by atoms with Gasteiger partial charge in [-0.25, -0.2) is 0 Å². The Morgan fingerprint density at radius 1 is 0.580 bits per heavy atom. The minimum absolute atomic E-state index is 0.0896. The van der Waals surface area contributed by atoms with Crippen LogP contribution in [0.3, 0.4) is 0 Å². The van der Waals surface area contributed by atoms with Crippen molar-refractivity contribution in [2.45, 2.75) is 172 Å². The van der Waals surface area contributed by atoms with Gasteiger partial charge in [-0.15, -0.1) is 0 Å². The smallest absolute Gasteiger partial charge is 0.310 e. The van der Waals surface area contributed by atoms with Crippen LogP contribution in [0.1, 0.15) is 29.5 Å². The number of hydrogen-bond acceptors (Lipinski definition) is 32. The second-order valence-electron chi connectivity index (χ2n) is 24.7. The normalized spacial score (nSPS) is 35.1. The second kappa shape index (κ2) is 33.9. The zero-order chi connectivity index (χ0) is 72.4. The van der Waals surface area contributed by atoms with Crippen molar-refractivity contribution in [2.24, 2.45) is 21.5 Å². The third-order valence-corrected chi connectivity index (χ3v) is 17.9. The molecule has 38 heteroatoms. The van der Waals surface area contributed by atoms with Crippen LogP contribution in [0.2, 0.25) is 0 Å². The van der Waals surface area contributed by atoms with Crippen molar-refractivity contribution in [3.8, 4) is 5.75 Å². The minimum Gasteiger partial charge on any atom is -0.463 e. The number of nitrogens with one attached hydrogen (secondary N) is 7. The Kier molecular flexibility index (Phi) is 25.7. The number of nitrogens with zero attached hydrogens (tertiary/aromatic N) is 3. The van der Waals surface area contributed by atoms with Crippen LogP contribution in [0.4, 0.5) is 0 Å². The molecule has 4 fully saturated rings. The first-order valence-electron chi connectivity index (χ1n) is 31.9. The molecule has 0 bridgehead atoms. The molecule has 5 unspecified atom stereocenters. The molecule has 6 aliphatic heterocycles. The van der Waals surface area contributed by atoms with E-state index in [1.54, 1.807) is 67.6 Å². The van der Waals surface area contributed by atoms with E-state index in [0.717, 1.165) is 4.90 Å². The number of nitrogens with two attached hydrogens (primary N) is 2. The highest BCUT2D eigenvalue weighted by Crippen LogP contribution is 2.33. The summed E-state index contributed by atoms with van der Waals surface area (Å²) in [7, 11) is 0. The third kappa shape index (κ3) is 17.7. The van der Waals surface area contributed by atoms with Crippen molar-refractivity contribution in [3.05, 3.63) is 102 Å². The lowest BCUT2D eigenvalue weighted by molar-refractivity contribution is -0.352. The number of carbonyl (C=O) groups is 7. The predicted octanol–water partition coefficient (Wildman–Crippen LogP) is -11.8. The summed E-state index contributed by atoms with van der Waals surface area (Å²) in [6, 6.07) is 9.25.